The molecule has 29 heavy (non-hydrogen) atoms. The minimum absolute atomic E-state index is 0.108. The molecule has 2 rings (SSSR count). The van der Waals surface area contributed by atoms with E-state index in [1.54, 1.807) is 66.9 Å². The average Bonchev–Trinajstić information content (AvgIpc) is 2.74. The van der Waals surface area contributed by atoms with Gasteiger partial charge in [-0.25, -0.2) is 14.5 Å². The van der Waals surface area contributed by atoms with E-state index in [0.29, 0.717) is 16.0 Å². The Labute approximate surface area is 168 Å². The maximum Gasteiger partial charge on any atom is 0.420 e. The van der Waals surface area contributed by atoms with Gasteiger partial charge in [0.25, 0.3) is 0 Å². The van der Waals surface area contributed by atoms with Gasteiger partial charge in [-0.05, 0) is 17.5 Å². The van der Waals surface area contributed by atoms with Crippen LogP contribution in [0.2, 0.25) is 0 Å². The first-order chi connectivity index (χ1) is 14.0. The number of amides is 3. The maximum absolute atomic E-state index is 12.5. The summed E-state index contributed by atoms with van der Waals surface area (Å²) in [6, 6.07) is 16.3. The fraction of sp³-hybridized carbons (Fsp3) is 0.238. The van der Waals surface area contributed by atoms with Crippen LogP contribution in [-0.2, 0) is 32.3 Å². The molecule has 0 unspecified atom stereocenters. The third kappa shape index (κ3) is 7.10. The lowest BCUT2D eigenvalue weighted by atomic mass is 10.1. The predicted octanol–water partition coefficient (Wildman–Crippen LogP) is 2.71. The van der Waals surface area contributed by atoms with Gasteiger partial charge in [0, 0.05) is 6.42 Å². The fourth-order valence-electron chi connectivity index (χ4n) is 2.43. The van der Waals surface area contributed by atoms with Gasteiger partial charge in [0.1, 0.15) is 19.3 Å². The Balaban J connectivity index is 2.09. The standard InChI is InChI=1S/C21H21N2O6/c22-19(25)12-11-18(13-24)23(20(26)28-14-16-7-3-1-4-8-16)21(27)29-15-17-9-5-2-6-10-17/h1-10,18H,11-12,14-15H2,(H2,22,25)/t18-/m0/s1. The van der Waals surface area contributed by atoms with Gasteiger partial charge in [-0.3, -0.25) is 9.59 Å². The lowest BCUT2D eigenvalue weighted by Gasteiger charge is -2.24. The molecule has 0 aromatic heterocycles. The van der Waals surface area contributed by atoms with Crippen LogP contribution in [-0.4, -0.2) is 35.3 Å². The molecule has 2 N–H and O–H groups in total. The van der Waals surface area contributed by atoms with Crippen LogP contribution in [0.1, 0.15) is 24.0 Å². The molecule has 2 aromatic rings. The molecule has 0 spiro atoms. The summed E-state index contributed by atoms with van der Waals surface area (Å²) in [4.78, 5) is 48.0. The molecule has 0 saturated carbocycles. The van der Waals surface area contributed by atoms with Gasteiger partial charge >= 0.3 is 12.2 Å². The second-order valence-corrected chi connectivity index (χ2v) is 6.09. The van der Waals surface area contributed by atoms with Gasteiger partial charge in [0.2, 0.25) is 12.2 Å². The fourth-order valence-corrected chi connectivity index (χ4v) is 2.43. The zero-order valence-corrected chi connectivity index (χ0v) is 15.7. The van der Waals surface area contributed by atoms with Crippen molar-refractivity contribution in [3.8, 4) is 0 Å². The first-order valence-corrected chi connectivity index (χ1v) is 8.88. The molecule has 151 valence electrons. The number of imide groups is 1. The number of nitrogens with zero attached hydrogens (tertiary/aromatic N) is 1. The first kappa shape index (κ1) is 21.6. The van der Waals surface area contributed by atoms with E-state index in [9.17, 15) is 19.2 Å². The molecule has 0 aliphatic carbocycles. The van der Waals surface area contributed by atoms with E-state index >= 15 is 0 Å². The number of hydrogen-bond donors (Lipinski definition) is 1. The summed E-state index contributed by atoms with van der Waals surface area (Å²) in [5.41, 5.74) is 6.49. The van der Waals surface area contributed by atoms with Crippen molar-refractivity contribution in [3.63, 3.8) is 0 Å². The van der Waals surface area contributed by atoms with Crippen LogP contribution in [0.25, 0.3) is 0 Å². The number of ether oxygens (including phenoxy) is 2. The minimum atomic E-state index is -1.37. The van der Waals surface area contributed by atoms with Crippen molar-refractivity contribution >= 4 is 24.4 Å². The van der Waals surface area contributed by atoms with Crippen LogP contribution >= 0.6 is 0 Å². The maximum atomic E-state index is 12.5. The summed E-state index contributed by atoms with van der Waals surface area (Å²) < 4.78 is 10.3. The third-order valence-electron chi connectivity index (χ3n) is 3.92. The Morgan fingerprint density at radius 2 is 1.31 bits per heavy atom. The van der Waals surface area contributed by atoms with E-state index < -0.39 is 24.1 Å². The van der Waals surface area contributed by atoms with E-state index in [4.69, 9.17) is 15.2 Å². The molecule has 8 nitrogen and oxygen atoms in total. The van der Waals surface area contributed by atoms with Gasteiger partial charge < -0.3 is 15.2 Å². The summed E-state index contributed by atoms with van der Waals surface area (Å²) in [6.07, 6.45) is -0.971. The summed E-state index contributed by atoms with van der Waals surface area (Å²) in [5, 5.41) is 0. The van der Waals surface area contributed by atoms with Crippen molar-refractivity contribution in [1.29, 1.82) is 0 Å². The van der Waals surface area contributed by atoms with Crippen LogP contribution < -0.4 is 5.73 Å². The van der Waals surface area contributed by atoms with Crippen molar-refractivity contribution in [2.24, 2.45) is 5.73 Å². The van der Waals surface area contributed by atoms with Crippen LogP contribution in [0, 0.1) is 0 Å². The Kier molecular flexibility index (Phi) is 8.37. The van der Waals surface area contributed by atoms with Crippen LogP contribution in [0.5, 0.6) is 0 Å². The van der Waals surface area contributed by atoms with Crippen molar-refractivity contribution in [1.82, 2.24) is 4.90 Å². The first-order valence-electron chi connectivity index (χ1n) is 8.88. The zero-order valence-electron chi connectivity index (χ0n) is 15.7. The van der Waals surface area contributed by atoms with Crippen molar-refractivity contribution in [2.75, 3.05) is 0 Å². The van der Waals surface area contributed by atoms with Gasteiger partial charge in [-0.2, -0.15) is 0 Å². The largest absolute Gasteiger partial charge is 0.444 e. The third-order valence-corrected chi connectivity index (χ3v) is 3.92. The van der Waals surface area contributed by atoms with E-state index in [1.807, 2.05) is 0 Å². The Morgan fingerprint density at radius 1 is 0.862 bits per heavy atom. The topological polar surface area (TPSA) is 116 Å². The molecule has 0 fully saturated rings. The van der Waals surface area contributed by atoms with E-state index in [-0.39, 0.29) is 26.1 Å². The Hall–Kier alpha value is -3.68. The molecule has 2 aromatic carbocycles. The number of carbonyl (C=O) groups is 3. The van der Waals surface area contributed by atoms with Crippen LogP contribution in [0.4, 0.5) is 9.59 Å². The van der Waals surface area contributed by atoms with Gasteiger partial charge in [0.05, 0.1) is 0 Å². The molecule has 0 saturated heterocycles. The SMILES string of the molecule is NC(=O)CC[C@@H]([C]=O)N(C(=O)OCc1ccccc1)C(=O)OCc1ccccc1. The van der Waals surface area contributed by atoms with E-state index in [0.717, 1.165) is 0 Å². The zero-order chi connectivity index (χ0) is 21.1. The number of benzene rings is 2. The van der Waals surface area contributed by atoms with Crippen molar-refractivity contribution in [3.05, 3.63) is 71.8 Å². The van der Waals surface area contributed by atoms with E-state index in [2.05, 4.69) is 0 Å². The number of rotatable bonds is 9. The monoisotopic (exact) mass is 397 g/mol. The summed E-state index contributed by atoms with van der Waals surface area (Å²) in [7, 11) is 0. The minimum Gasteiger partial charge on any atom is -0.444 e. The molecule has 8 heteroatoms. The highest BCUT2D eigenvalue weighted by Crippen LogP contribution is 2.13. The van der Waals surface area contributed by atoms with Crippen LogP contribution in [0.15, 0.2) is 60.7 Å². The Morgan fingerprint density at radius 3 is 1.69 bits per heavy atom. The number of hydrogen-bond acceptors (Lipinski definition) is 6. The molecular formula is C21H21N2O6. The smallest absolute Gasteiger partial charge is 0.420 e. The second kappa shape index (κ2) is 11.2. The van der Waals surface area contributed by atoms with Crippen molar-refractivity contribution < 1.29 is 28.7 Å². The highest BCUT2D eigenvalue weighted by molar-refractivity contribution is 5.91. The van der Waals surface area contributed by atoms with E-state index in [1.165, 1.54) is 0 Å². The number of carbonyl (C=O) groups excluding carboxylic acids is 4. The summed E-state index contributed by atoms with van der Waals surface area (Å²) in [6.45, 7) is -0.215. The quantitative estimate of drug-likeness (QED) is 0.695. The lowest BCUT2D eigenvalue weighted by molar-refractivity contribution is -0.118. The van der Waals surface area contributed by atoms with Crippen LogP contribution in [0.3, 0.4) is 0 Å². The second-order valence-electron chi connectivity index (χ2n) is 6.09. The molecule has 1 atom stereocenters. The molecule has 0 bridgehead atoms. The van der Waals surface area contributed by atoms with Gasteiger partial charge in [-0.1, -0.05) is 60.7 Å². The lowest BCUT2D eigenvalue weighted by Crippen LogP contribution is -2.46. The Bertz CT molecular complexity index is 770. The summed E-state index contributed by atoms with van der Waals surface area (Å²) in [5.74, 6) is -0.680. The molecule has 0 heterocycles. The highest BCUT2D eigenvalue weighted by Gasteiger charge is 2.33. The molecule has 0 aliphatic heterocycles. The average molecular weight is 397 g/mol. The predicted molar refractivity (Wildman–Crippen MR) is 103 cm³/mol. The van der Waals surface area contributed by atoms with Gasteiger partial charge in [-0.15, -0.1) is 0 Å². The number of nitrogens with two attached hydrogens (primary N) is 1. The summed E-state index contributed by atoms with van der Waals surface area (Å²) >= 11 is 0. The normalized spacial score (nSPS) is 11.2. The molecule has 3 amide bonds. The molecule has 0 aliphatic rings. The van der Waals surface area contributed by atoms with Crippen molar-refractivity contribution in [2.45, 2.75) is 32.1 Å². The molecule has 1 radical (unpaired) electrons. The molecular weight excluding hydrogens is 376 g/mol. The highest BCUT2D eigenvalue weighted by atomic mass is 16.6. The van der Waals surface area contributed by atoms with Gasteiger partial charge in [0.15, 0.2) is 0 Å². The number of primary amides is 1.